The number of carboxylic acid groups (broad SMARTS) is 1. The molecule has 0 unspecified atom stereocenters. The maximum Gasteiger partial charge on any atom is 0.319 e. The van der Waals surface area contributed by atoms with Crippen molar-refractivity contribution in [1.82, 2.24) is 5.32 Å². The van der Waals surface area contributed by atoms with Gasteiger partial charge in [-0.15, -0.1) is 0 Å². The number of anilines is 1. The SMILES string of the molecule is CC(C)(CNC(=O)Nc1ccc(C#N)cc1)C(=O)O. The van der Waals surface area contributed by atoms with Crippen LogP contribution in [0.25, 0.3) is 0 Å². The molecule has 0 aliphatic carbocycles. The standard InChI is InChI=1S/C13H15N3O3/c1-13(2,11(17)18)8-15-12(19)16-10-5-3-9(7-14)4-6-10/h3-6H,8H2,1-2H3,(H,17,18)(H2,15,16,19). The molecule has 2 amide bonds. The number of hydrogen-bond donors (Lipinski definition) is 3. The minimum atomic E-state index is -1.03. The van der Waals surface area contributed by atoms with E-state index in [1.807, 2.05) is 6.07 Å². The zero-order chi connectivity index (χ0) is 14.5. The number of amides is 2. The van der Waals surface area contributed by atoms with Crippen molar-refractivity contribution in [2.45, 2.75) is 13.8 Å². The first kappa shape index (κ1) is 14.5. The Labute approximate surface area is 111 Å². The van der Waals surface area contributed by atoms with E-state index in [2.05, 4.69) is 10.6 Å². The first-order chi connectivity index (χ1) is 8.85. The van der Waals surface area contributed by atoms with Gasteiger partial charge in [-0.05, 0) is 38.1 Å². The van der Waals surface area contributed by atoms with Crippen molar-refractivity contribution in [2.75, 3.05) is 11.9 Å². The third-order valence-corrected chi connectivity index (χ3v) is 2.54. The molecule has 0 aromatic heterocycles. The molecule has 0 atom stereocenters. The van der Waals surface area contributed by atoms with Crippen LogP contribution in [0, 0.1) is 16.7 Å². The van der Waals surface area contributed by atoms with Gasteiger partial charge in [-0.25, -0.2) is 4.79 Å². The van der Waals surface area contributed by atoms with Gasteiger partial charge in [0.15, 0.2) is 0 Å². The molecule has 0 radical (unpaired) electrons. The van der Waals surface area contributed by atoms with E-state index in [0.717, 1.165) is 0 Å². The quantitative estimate of drug-likeness (QED) is 0.768. The largest absolute Gasteiger partial charge is 0.481 e. The molecule has 3 N–H and O–H groups in total. The summed E-state index contributed by atoms with van der Waals surface area (Å²) in [6.45, 7) is 3.07. The molecule has 0 bridgehead atoms. The fraction of sp³-hybridized carbons (Fsp3) is 0.308. The Balaban J connectivity index is 2.52. The van der Waals surface area contributed by atoms with Gasteiger partial charge in [0.1, 0.15) is 0 Å². The first-order valence-corrected chi connectivity index (χ1v) is 5.63. The van der Waals surface area contributed by atoms with Crippen LogP contribution in [0.4, 0.5) is 10.5 Å². The minimum absolute atomic E-state index is 0.0183. The first-order valence-electron chi connectivity index (χ1n) is 5.63. The van der Waals surface area contributed by atoms with E-state index in [4.69, 9.17) is 10.4 Å². The van der Waals surface area contributed by atoms with Crippen molar-refractivity contribution >= 4 is 17.7 Å². The number of carbonyl (C=O) groups excluding carboxylic acids is 1. The molecular formula is C13H15N3O3. The predicted molar refractivity (Wildman–Crippen MR) is 69.6 cm³/mol. The lowest BCUT2D eigenvalue weighted by Gasteiger charge is -2.19. The number of nitrogens with zero attached hydrogens (tertiary/aromatic N) is 1. The van der Waals surface area contributed by atoms with Crippen LogP contribution in [0.15, 0.2) is 24.3 Å². The monoisotopic (exact) mass is 261 g/mol. The Morgan fingerprint density at radius 2 is 1.89 bits per heavy atom. The number of benzene rings is 1. The topological polar surface area (TPSA) is 102 Å². The van der Waals surface area contributed by atoms with Crippen LogP contribution in [0.1, 0.15) is 19.4 Å². The van der Waals surface area contributed by atoms with E-state index < -0.39 is 17.4 Å². The fourth-order valence-electron chi connectivity index (χ4n) is 1.18. The third-order valence-electron chi connectivity index (χ3n) is 2.54. The van der Waals surface area contributed by atoms with Crippen molar-refractivity contribution in [3.8, 4) is 6.07 Å². The highest BCUT2D eigenvalue weighted by Crippen LogP contribution is 2.13. The van der Waals surface area contributed by atoms with Crippen molar-refractivity contribution in [2.24, 2.45) is 5.41 Å². The molecule has 1 rings (SSSR count). The van der Waals surface area contributed by atoms with Crippen molar-refractivity contribution < 1.29 is 14.7 Å². The fourth-order valence-corrected chi connectivity index (χ4v) is 1.18. The third kappa shape index (κ3) is 4.32. The number of hydrogen-bond acceptors (Lipinski definition) is 3. The number of nitrogens with one attached hydrogen (secondary N) is 2. The van der Waals surface area contributed by atoms with Crippen molar-refractivity contribution in [3.05, 3.63) is 29.8 Å². The molecular weight excluding hydrogens is 246 g/mol. The van der Waals surface area contributed by atoms with Gasteiger partial charge in [0.25, 0.3) is 0 Å². The Morgan fingerprint density at radius 1 is 1.32 bits per heavy atom. The molecule has 0 heterocycles. The summed E-state index contributed by atoms with van der Waals surface area (Å²) in [5.41, 5.74) is 0.00440. The van der Waals surface area contributed by atoms with Crippen LogP contribution >= 0.6 is 0 Å². The van der Waals surface area contributed by atoms with Crippen LogP contribution in [-0.4, -0.2) is 23.7 Å². The molecule has 1 aromatic rings. The van der Waals surface area contributed by atoms with Gasteiger partial charge in [0.05, 0.1) is 17.0 Å². The van der Waals surface area contributed by atoms with E-state index in [-0.39, 0.29) is 6.54 Å². The second-order valence-corrected chi connectivity index (χ2v) is 4.69. The molecule has 6 nitrogen and oxygen atoms in total. The lowest BCUT2D eigenvalue weighted by molar-refractivity contribution is -0.146. The van der Waals surface area contributed by atoms with Gasteiger partial charge in [-0.2, -0.15) is 5.26 Å². The number of nitriles is 1. The maximum atomic E-state index is 11.6. The normalized spacial score (nSPS) is 10.4. The van der Waals surface area contributed by atoms with Crippen LogP contribution in [-0.2, 0) is 4.79 Å². The van der Waals surface area contributed by atoms with Gasteiger partial charge in [0.2, 0.25) is 0 Å². The van der Waals surface area contributed by atoms with E-state index in [1.54, 1.807) is 24.3 Å². The molecule has 0 spiro atoms. The number of urea groups is 1. The Bertz CT molecular complexity index is 515. The van der Waals surface area contributed by atoms with Crippen LogP contribution < -0.4 is 10.6 Å². The summed E-state index contributed by atoms with van der Waals surface area (Å²) in [4.78, 5) is 22.4. The average Bonchev–Trinajstić information content (AvgIpc) is 2.37. The molecule has 0 saturated carbocycles. The minimum Gasteiger partial charge on any atom is -0.481 e. The summed E-state index contributed by atoms with van der Waals surface area (Å²) in [5, 5.41) is 22.6. The zero-order valence-electron chi connectivity index (χ0n) is 10.7. The van der Waals surface area contributed by atoms with E-state index >= 15 is 0 Å². The van der Waals surface area contributed by atoms with Crippen LogP contribution in [0.3, 0.4) is 0 Å². The highest BCUT2D eigenvalue weighted by Gasteiger charge is 2.27. The molecule has 0 saturated heterocycles. The molecule has 100 valence electrons. The van der Waals surface area contributed by atoms with Crippen LogP contribution in [0.2, 0.25) is 0 Å². The van der Waals surface area contributed by atoms with Gasteiger partial charge in [-0.3, -0.25) is 4.79 Å². The highest BCUT2D eigenvalue weighted by molar-refractivity contribution is 5.89. The summed E-state index contributed by atoms with van der Waals surface area (Å²) in [7, 11) is 0. The van der Waals surface area contributed by atoms with Crippen molar-refractivity contribution in [1.29, 1.82) is 5.26 Å². The predicted octanol–water partition coefficient (Wildman–Crippen LogP) is 1.79. The smallest absolute Gasteiger partial charge is 0.319 e. The summed E-state index contributed by atoms with van der Waals surface area (Å²) >= 11 is 0. The number of carbonyl (C=O) groups is 2. The van der Waals surface area contributed by atoms with Gasteiger partial charge < -0.3 is 15.7 Å². The van der Waals surface area contributed by atoms with Gasteiger partial charge in [-0.1, -0.05) is 0 Å². The maximum absolute atomic E-state index is 11.6. The average molecular weight is 261 g/mol. The summed E-state index contributed by atoms with van der Waals surface area (Å²) in [6, 6.07) is 7.84. The van der Waals surface area contributed by atoms with Crippen LogP contribution in [0.5, 0.6) is 0 Å². The number of rotatable bonds is 4. The van der Waals surface area contributed by atoms with Gasteiger partial charge >= 0.3 is 12.0 Å². The van der Waals surface area contributed by atoms with Gasteiger partial charge in [0, 0.05) is 12.2 Å². The van der Waals surface area contributed by atoms with E-state index in [9.17, 15) is 9.59 Å². The second kappa shape index (κ2) is 5.87. The number of carboxylic acids is 1. The number of aliphatic carboxylic acids is 1. The van der Waals surface area contributed by atoms with Crippen molar-refractivity contribution in [3.63, 3.8) is 0 Å². The molecule has 6 heteroatoms. The molecule has 0 aliphatic heterocycles. The lowest BCUT2D eigenvalue weighted by Crippen LogP contribution is -2.40. The molecule has 1 aromatic carbocycles. The summed E-state index contributed by atoms with van der Waals surface area (Å²) in [5.74, 6) is -0.980. The second-order valence-electron chi connectivity index (χ2n) is 4.69. The molecule has 0 aliphatic rings. The Morgan fingerprint density at radius 3 is 2.37 bits per heavy atom. The lowest BCUT2D eigenvalue weighted by atomic mass is 9.94. The molecule has 0 fully saturated rings. The Hall–Kier alpha value is -2.55. The highest BCUT2D eigenvalue weighted by atomic mass is 16.4. The molecule has 19 heavy (non-hydrogen) atoms. The summed E-state index contributed by atoms with van der Waals surface area (Å²) in [6.07, 6.45) is 0. The zero-order valence-corrected chi connectivity index (χ0v) is 10.7. The Kier molecular flexibility index (Phi) is 4.48. The summed E-state index contributed by atoms with van der Waals surface area (Å²) < 4.78 is 0. The van der Waals surface area contributed by atoms with E-state index in [0.29, 0.717) is 11.3 Å². The van der Waals surface area contributed by atoms with E-state index in [1.165, 1.54) is 13.8 Å².